The highest BCUT2D eigenvalue weighted by atomic mass is 16.1. The van der Waals surface area contributed by atoms with Gasteiger partial charge in [-0.1, -0.05) is 90.9 Å². The van der Waals surface area contributed by atoms with Gasteiger partial charge in [0.2, 0.25) is 0 Å². The summed E-state index contributed by atoms with van der Waals surface area (Å²) in [5, 5.41) is 0. The Morgan fingerprint density at radius 2 is 1.04 bits per heavy atom. The lowest BCUT2D eigenvalue weighted by Crippen LogP contribution is -2.27. The van der Waals surface area contributed by atoms with E-state index in [1.807, 2.05) is 0 Å². The van der Waals surface area contributed by atoms with E-state index >= 15 is 0 Å². The molecule has 0 aromatic heterocycles. The molecule has 136 valence electrons. The van der Waals surface area contributed by atoms with Crippen LogP contribution in [0.1, 0.15) is 129 Å². The van der Waals surface area contributed by atoms with Gasteiger partial charge in [-0.2, -0.15) is 0 Å². The van der Waals surface area contributed by atoms with E-state index in [2.05, 4.69) is 13.8 Å². The Morgan fingerprint density at radius 3 is 1.48 bits per heavy atom. The van der Waals surface area contributed by atoms with Gasteiger partial charge in [-0.05, 0) is 31.1 Å². The lowest BCUT2D eigenvalue weighted by molar-refractivity contribution is -0.122. The molecule has 1 saturated carbocycles. The molecule has 1 rings (SSSR count). The first-order chi connectivity index (χ1) is 11.2. The molecule has 0 aromatic carbocycles. The number of carbonyl (C=O) groups excluding carboxylic acids is 1. The van der Waals surface area contributed by atoms with Crippen LogP contribution in [0.25, 0.3) is 0 Å². The summed E-state index contributed by atoms with van der Waals surface area (Å²) in [6.07, 6.45) is 23.6. The van der Waals surface area contributed by atoms with Crippen molar-refractivity contribution < 1.29 is 4.79 Å². The van der Waals surface area contributed by atoms with Crippen molar-refractivity contribution in [2.75, 3.05) is 0 Å². The number of Topliss-reactive ketones (excluding diaryl/α,β-unsaturated/α-hetero) is 1. The molecule has 0 radical (unpaired) electrons. The maximum Gasteiger partial charge on any atom is 0.132 e. The smallest absolute Gasteiger partial charge is 0.132 e. The van der Waals surface area contributed by atoms with Gasteiger partial charge in [0.05, 0.1) is 0 Å². The second kappa shape index (κ2) is 13.0. The summed E-state index contributed by atoms with van der Waals surface area (Å²) < 4.78 is 0. The Morgan fingerprint density at radius 1 is 0.652 bits per heavy atom. The second-order valence-corrected chi connectivity index (χ2v) is 8.07. The van der Waals surface area contributed by atoms with Crippen molar-refractivity contribution in [3.8, 4) is 0 Å². The number of hydrogen-bond acceptors (Lipinski definition) is 1. The SMILES string of the molecule is CCCCCCCCC1(CCCCCCCC)CCC(=O)CC1. The van der Waals surface area contributed by atoms with Gasteiger partial charge >= 0.3 is 0 Å². The van der Waals surface area contributed by atoms with E-state index in [4.69, 9.17) is 0 Å². The van der Waals surface area contributed by atoms with E-state index in [0.717, 1.165) is 12.8 Å². The maximum absolute atomic E-state index is 11.6. The van der Waals surface area contributed by atoms with E-state index in [-0.39, 0.29) is 0 Å². The molecule has 0 N–H and O–H groups in total. The Bertz CT molecular complexity index is 266. The van der Waals surface area contributed by atoms with E-state index < -0.39 is 0 Å². The summed E-state index contributed by atoms with van der Waals surface area (Å²) in [6.45, 7) is 4.57. The first-order valence-corrected chi connectivity index (χ1v) is 10.7. The zero-order valence-electron chi connectivity index (χ0n) is 16.1. The fourth-order valence-electron chi connectivity index (χ4n) is 4.24. The monoisotopic (exact) mass is 322 g/mol. The first-order valence-electron chi connectivity index (χ1n) is 10.7. The molecular formula is C22H42O. The number of unbranched alkanes of at least 4 members (excludes halogenated alkanes) is 10. The van der Waals surface area contributed by atoms with E-state index in [9.17, 15) is 4.79 Å². The minimum Gasteiger partial charge on any atom is -0.300 e. The zero-order chi connectivity index (χ0) is 16.8. The Balaban J connectivity index is 2.25. The maximum atomic E-state index is 11.6. The van der Waals surface area contributed by atoms with Crippen molar-refractivity contribution in [3.63, 3.8) is 0 Å². The lowest BCUT2D eigenvalue weighted by atomic mass is 9.67. The first kappa shape index (κ1) is 20.7. The molecule has 1 fully saturated rings. The summed E-state index contributed by atoms with van der Waals surface area (Å²) in [7, 11) is 0. The highest BCUT2D eigenvalue weighted by molar-refractivity contribution is 5.79. The summed E-state index contributed by atoms with van der Waals surface area (Å²) in [6, 6.07) is 0. The van der Waals surface area contributed by atoms with Crippen LogP contribution in [0, 0.1) is 5.41 Å². The number of rotatable bonds is 14. The predicted molar refractivity (Wildman–Crippen MR) is 102 cm³/mol. The molecule has 0 heterocycles. The molecule has 0 amide bonds. The molecule has 0 spiro atoms. The van der Waals surface area contributed by atoms with Gasteiger partial charge in [0, 0.05) is 12.8 Å². The largest absolute Gasteiger partial charge is 0.300 e. The normalized spacial score (nSPS) is 17.6. The summed E-state index contributed by atoms with van der Waals surface area (Å²) >= 11 is 0. The average molecular weight is 323 g/mol. The van der Waals surface area contributed by atoms with E-state index in [1.54, 1.807) is 0 Å². The topological polar surface area (TPSA) is 17.1 Å². The van der Waals surface area contributed by atoms with Crippen molar-refractivity contribution in [1.29, 1.82) is 0 Å². The molecule has 0 saturated heterocycles. The highest BCUT2D eigenvalue weighted by Gasteiger charge is 2.33. The van der Waals surface area contributed by atoms with Crippen LogP contribution in [0.4, 0.5) is 0 Å². The summed E-state index contributed by atoms with van der Waals surface area (Å²) in [5.74, 6) is 0.520. The minimum absolute atomic E-state index is 0.520. The van der Waals surface area contributed by atoms with E-state index in [0.29, 0.717) is 11.2 Å². The zero-order valence-corrected chi connectivity index (χ0v) is 16.1. The molecule has 0 bridgehead atoms. The highest BCUT2D eigenvalue weighted by Crippen LogP contribution is 2.44. The predicted octanol–water partition coefficient (Wildman–Crippen LogP) is 7.62. The number of carbonyl (C=O) groups is 1. The molecule has 1 nitrogen and oxygen atoms in total. The molecule has 0 aromatic rings. The van der Waals surface area contributed by atoms with Crippen LogP contribution in [-0.4, -0.2) is 5.78 Å². The quantitative estimate of drug-likeness (QED) is 0.301. The van der Waals surface area contributed by atoms with Gasteiger partial charge in [-0.3, -0.25) is 4.79 Å². The Labute approximate surface area is 146 Å². The van der Waals surface area contributed by atoms with Gasteiger partial charge in [0.25, 0.3) is 0 Å². The molecule has 1 aliphatic carbocycles. The second-order valence-electron chi connectivity index (χ2n) is 8.07. The van der Waals surface area contributed by atoms with Gasteiger partial charge < -0.3 is 0 Å². The third-order valence-electron chi connectivity index (χ3n) is 5.99. The molecule has 0 atom stereocenters. The number of ketones is 1. The van der Waals surface area contributed by atoms with Crippen molar-refractivity contribution in [2.24, 2.45) is 5.41 Å². The number of hydrogen-bond donors (Lipinski definition) is 0. The summed E-state index contributed by atoms with van der Waals surface area (Å²) in [5.41, 5.74) is 0.531. The van der Waals surface area contributed by atoms with Crippen LogP contribution in [-0.2, 0) is 4.79 Å². The van der Waals surface area contributed by atoms with Crippen LogP contribution in [0.2, 0.25) is 0 Å². The summed E-state index contributed by atoms with van der Waals surface area (Å²) in [4.78, 5) is 11.6. The van der Waals surface area contributed by atoms with Crippen molar-refractivity contribution in [3.05, 3.63) is 0 Å². The standard InChI is InChI=1S/C22H42O/c1-3-5-7-9-11-13-17-22(19-15-21(23)16-20-22)18-14-12-10-8-6-4-2/h3-20H2,1-2H3. The van der Waals surface area contributed by atoms with Gasteiger partial charge in [0.15, 0.2) is 0 Å². The van der Waals surface area contributed by atoms with Gasteiger partial charge in [-0.15, -0.1) is 0 Å². The molecule has 1 aliphatic rings. The average Bonchev–Trinajstić information content (AvgIpc) is 2.57. The van der Waals surface area contributed by atoms with Crippen LogP contribution >= 0.6 is 0 Å². The van der Waals surface area contributed by atoms with Crippen molar-refractivity contribution in [2.45, 2.75) is 129 Å². The molecular weight excluding hydrogens is 280 g/mol. The molecule has 1 heteroatoms. The van der Waals surface area contributed by atoms with Gasteiger partial charge in [0.1, 0.15) is 5.78 Å². The Hall–Kier alpha value is -0.330. The van der Waals surface area contributed by atoms with Crippen LogP contribution in [0.5, 0.6) is 0 Å². The van der Waals surface area contributed by atoms with Crippen molar-refractivity contribution >= 4 is 5.78 Å². The molecule has 23 heavy (non-hydrogen) atoms. The minimum atomic E-state index is 0.520. The fraction of sp³-hybridized carbons (Fsp3) is 0.955. The third kappa shape index (κ3) is 9.52. The lowest BCUT2D eigenvalue weighted by Gasteiger charge is -2.37. The van der Waals surface area contributed by atoms with E-state index in [1.165, 1.54) is 103 Å². The molecule has 0 aliphatic heterocycles. The van der Waals surface area contributed by atoms with Crippen molar-refractivity contribution in [1.82, 2.24) is 0 Å². The fourth-order valence-corrected chi connectivity index (χ4v) is 4.24. The Kier molecular flexibility index (Phi) is 11.7. The van der Waals surface area contributed by atoms with Crippen LogP contribution in [0.15, 0.2) is 0 Å². The third-order valence-corrected chi connectivity index (χ3v) is 5.99. The van der Waals surface area contributed by atoms with Crippen LogP contribution in [0.3, 0.4) is 0 Å². The van der Waals surface area contributed by atoms with Crippen LogP contribution < -0.4 is 0 Å². The molecule has 0 unspecified atom stereocenters. The van der Waals surface area contributed by atoms with Gasteiger partial charge in [-0.25, -0.2) is 0 Å².